The highest BCUT2D eigenvalue weighted by molar-refractivity contribution is 9.10. The molecule has 1 aromatic carbocycles. The van der Waals surface area contributed by atoms with Gasteiger partial charge in [-0.15, -0.1) is 0 Å². The summed E-state index contributed by atoms with van der Waals surface area (Å²) in [4.78, 5) is 0. The van der Waals surface area contributed by atoms with Crippen LogP contribution >= 0.6 is 15.9 Å². The summed E-state index contributed by atoms with van der Waals surface area (Å²) < 4.78 is 1.23. The Morgan fingerprint density at radius 2 is 2.00 bits per heavy atom. The van der Waals surface area contributed by atoms with Crippen molar-refractivity contribution in [1.82, 2.24) is 5.32 Å². The molecule has 0 aromatic heterocycles. The van der Waals surface area contributed by atoms with Crippen molar-refractivity contribution >= 4 is 15.9 Å². The summed E-state index contributed by atoms with van der Waals surface area (Å²) in [6.07, 6.45) is 10.4. The van der Waals surface area contributed by atoms with Gasteiger partial charge in [0.15, 0.2) is 0 Å². The summed E-state index contributed by atoms with van der Waals surface area (Å²) >= 11 is 3.75. The third-order valence-corrected chi connectivity index (χ3v) is 4.76. The fourth-order valence-electron chi connectivity index (χ4n) is 2.99. The van der Waals surface area contributed by atoms with Gasteiger partial charge in [0, 0.05) is 4.47 Å². The topological polar surface area (TPSA) is 12.0 Å². The Bertz CT molecular complexity index is 464. The van der Waals surface area contributed by atoms with Crippen molar-refractivity contribution in [2.24, 2.45) is 0 Å². The number of halogens is 1. The van der Waals surface area contributed by atoms with Crippen molar-refractivity contribution in [3.8, 4) is 0 Å². The van der Waals surface area contributed by atoms with Crippen LogP contribution < -0.4 is 5.32 Å². The lowest BCUT2D eigenvalue weighted by Crippen LogP contribution is -2.23. The van der Waals surface area contributed by atoms with Crippen molar-refractivity contribution in [3.05, 3.63) is 45.4 Å². The highest BCUT2D eigenvalue weighted by atomic mass is 79.9. The molecule has 0 fully saturated rings. The van der Waals surface area contributed by atoms with E-state index in [0.29, 0.717) is 6.04 Å². The first-order valence-corrected chi connectivity index (χ1v) is 8.70. The predicted molar refractivity (Wildman–Crippen MR) is 91.1 cm³/mol. The Morgan fingerprint density at radius 1 is 1.20 bits per heavy atom. The van der Waals surface area contributed by atoms with E-state index in [1.54, 1.807) is 5.57 Å². The molecule has 0 amide bonds. The summed E-state index contributed by atoms with van der Waals surface area (Å²) in [5.41, 5.74) is 4.27. The molecule has 1 atom stereocenters. The zero-order chi connectivity index (χ0) is 14.4. The highest BCUT2D eigenvalue weighted by Gasteiger charge is 2.18. The molecule has 0 saturated heterocycles. The molecule has 0 aliphatic heterocycles. The average molecular weight is 336 g/mol. The Hall–Kier alpha value is -0.600. The number of rotatable bonds is 4. The summed E-state index contributed by atoms with van der Waals surface area (Å²) in [7, 11) is 0. The lowest BCUT2D eigenvalue weighted by Gasteiger charge is -2.25. The Labute approximate surface area is 132 Å². The maximum Gasteiger partial charge on any atom is 0.0547 e. The molecule has 2 heteroatoms. The minimum absolute atomic E-state index is 0.369. The molecule has 20 heavy (non-hydrogen) atoms. The lowest BCUT2D eigenvalue weighted by atomic mass is 9.90. The van der Waals surface area contributed by atoms with Crippen LogP contribution in [-0.4, -0.2) is 6.54 Å². The number of benzene rings is 1. The van der Waals surface area contributed by atoms with Crippen LogP contribution in [0.25, 0.3) is 0 Å². The minimum atomic E-state index is 0.369. The first-order chi connectivity index (χ1) is 9.72. The van der Waals surface area contributed by atoms with Crippen LogP contribution in [0, 0.1) is 6.92 Å². The number of nitrogens with one attached hydrogen (secondary N) is 1. The molecule has 0 heterocycles. The van der Waals surface area contributed by atoms with Crippen LogP contribution in [0.3, 0.4) is 0 Å². The summed E-state index contributed by atoms with van der Waals surface area (Å²) in [5.74, 6) is 0. The van der Waals surface area contributed by atoms with Crippen molar-refractivity contribution in [3.63, 3.8) is 0 Å². The molecule has 0 saturated carbocycles. The number of hydrogen-bond donors (Lipinski definition) is 1. The molecule has 1 aliphatic rings. The SMILES string of the molecule is CCNC(/C1=C/CCCCCC1)c1ccc(C)cc1Br. The second kappa shape index (κ2) is 7.99. The van der Waals surface area contributed by atoms with E-state index in [4.69, 9.17) is 0 Å². The molecule has 110 valence electrons. The van der Waals surface area contributed by atoms with Crippen LogP contribution in [0.1, 0.15) is 62.6 Å². The predicted octanol–water partition coefficient (Wildman–Crippen LogP) is 5.69. The third-order valence-electron chi connectivity index (χ3n) is 4.07. The van der Waals surface area contributed by atoms with Gasteiger partial charge in [0.25, 0.3) is 0 Å². The van der Waals surface area contributed by atoms with E-state index in [2.05, 4.69) is 59.4 Å². The molecule has 1 unspecified atom stereocenters. The van der Waals surface area contributed by atoms with Crippen molar-refractivity contribution < 1.29 is 0 Å². The molecule has 0 spiro atoms. The van der Waals surface area contributed by atoms with E-state index in [0.717, 1.165) is 6.54 Å². The van der Waals surface area contributed by atoms with Gasteiger partial charge in [-0.05, 0) is 56.3 Å². The average Bonchev–Trinajstić information content (AvgIpc) is 2.37. The summed E-state index contributed by atoms with van der Waals surface area (Å²) in [5, 5.41) is 3.68. The molecule has 1 nitrogen and oxygen atoms in total. The van der Waals surface area contributed by atoms with Gasteiger partial charge in [0.2, 0.25) is 0 Å². The van der Waals surface area contributed by atoms with Crippen LogP contribution in [-0.2, 0) is 0 Å². The van der Waals surface area contributed by atoms with Crippen molar-refractivity contribution in [2.45, 2.75) is 58.4 Å². The Kier molecular flexibility index (Phi) is 6.31. The zero-order valence-corrected chi connectivity index (χ0v) is 14.3. The first kappa shape index (κ1) is 15.8. The zero-order valence-electron chi connectivity index (χ0n) is 12.7. The van der Waals surface area contributed by atoms with Crippen LogP contribution in [0.15, 0.2) is 34.3 Å². The van der Waals surface area contributed by atoms with Crippen molar-refractivity contribution in [1.29, 1.82) is 0 Å². The summed E-state index contributed by atoms with van der Waals surface area (Å²) in [6.45, 7) is 5.34. The largest absolute Gasteiger partial charge is 0.307 e. The van der Waals surface area contributed by atoms with Crippen LogP contribution in [0.4, 0.5) is 0 Å². The molecular weight excluding hydrogens is 310 g/mol. The van der Waals surface area contributed by atoms with Gasteiger partial charge in [-0.2, -0.15) is 0 Å². The standard InChI is InChI=1S/C18H26BrN/c1-3-20-18(15-9-7-5-4-6-8-10-15)16-12-11-14(2)13-17(16)19/h9,11-13,18,20H,3-8,10H2,1-2H3/b15-9+. The number of allylic oxidation sites excluding steroid dienone is 1. The molecule has 1 aromatic rings. The fourth-order valence-corrected chi connectivity index (χ4v) is 3.71. The summed E-state index contributed by atoms with van der Waals surface area (Å²) in [6, 6.07) is 7.08. The monoisotopic (exact) mass is 335 g/mol. The maximum absolute atomic E-state index is 3.75. The first-order valence-electron chi connectivity index (χ1n) is 7.90. The quantitative estimate of drug-likeness (QED) is 0.697. The van der Waals surface area contributed by atoms with Gasteiger partial charge in [-0.1, -0.05) is 59.5 Å². The Morgan fingerprint density at radius 3 is 2.75 bits per heavy atom. The lowest BCUT2D eigenvalue weighted by molar-refractivity contribution is 0.553. The van der Waals surface area contributed by atoms with E-state index in [-0.39, 0.29) is 0 Å². The van der Waals surface area contributed by atoms with Gasteiger partial charge in [-0.25, -0.2) is 0 Å². The number of hydrogen-bond acceptors (Lipinski definition) is 1. The molecule has 0 radical (unpaired) electrons. The van der Waals surface area contributed by atoms with E-state index in [1.807, 2.05) is 0 Å². The van der Waals surface area contributed by atoms with Gasteiger partial charge in [0.1, 0.15) is 0 Å². The van der Waals surface area contributed by atoms with Crippen LogP contribution in [0.2, 0.25) is 0 Å². The minimum Gasteiger partial charge on any atom is -0.307 e. The van der Waals surface area contributed by atoms with Gasteiger partial charge in [-0.3, -0.25) is 0 Å². The number of aryl methyl sites for hydroxylation is 1. The normalized spacial score (nSPS) is 20.6. The molecule has 1 aliphatic carbocycles. The van der Waals surface area contributed by atoms with Gasteiger partial charge >= 0.3 is 0 Å². The van der Waals surface area contributed by atoms with E-state index >= 15 is 0 Å². The van der Waals surface area contributed by atoms with E-state index in [9.17, 15) is 0 Å². The molecular formula is C18H26BrN. The van der Waals surface area contributed by atoms with E-state index in [1.165, 1.54) is 54.1 Å². The van der Waals surface area contributed by atoms with E-state index < -0.39 is 0 Å². The second-order valence-electron chi connectivity index (χ2n) is 5.75. The molecule has 0 bridgehead atoms. The smallest absolute Gasteiger partial charge is 0.0547 e. The second-order valence-corrected chi connectivity index (χ2v) is 6.60. The van der Waals surface area contributed by atoms with Gasteiger partial charge < -0.3 is 5.32 Å². The fraction of sp³-hybridized carbons (Fsp3) is 0.556. The maximum atomic E-state index is 3.75. The molecule has 1 N–H and O–H groups in total. The van der Waals surface area contributed by atoms with Crippen LogP contribution in [0.5, 0.6) is 0 Å². The van der Waals surface area contributed by atoms with Gasteiger partial charge in [0.05, 0.1) is 6.04 Å². The third kappa shape index (κ3) is 4.20. The highest BCUT2D eigenvalue weighted by Crippen LogP contribution is 2.33. The molecule has 2 rings (SSSR count). The van der Waals surface area contributed by atoms with Crippen molar-refractivity contribution in [2.75, 3.05) is 6.54 Å². The number of likely N-dealkylation sites (N-methyl/N-ethyl adjacent to an activating group) is 1. The Balaban J connectivity index is 2.29.